The Labute approximate surface area is 135 Å². The van der Waals surface area contributed by atoms with Gasteiger partial charge in [-0.2, -0.15) is 5.10 Å². The zero-order valence-electron chi connectivity index (χ0n) is 12.8. The molecule has 0 saturated carbocycles. The predicted octanol–water partition coefficient (Wildman–Crippen LogP) is 2.86. The zero-order valence-corrected chi connectivity index (χ0v) is 13.6. The van der Waals surface area contributed by atoms with Gasteiger partial charge in [0.15, 0.2) is 0 Å². The smallest absolute Gasteiger partial charge is 0.135 e. The van der Waals surface area contributed by atoms with Crippen LogP contribution >= 0.6 is 11.6 Å². The summed E-state index contributed by atoms with van der Waals surface area (Å²) < 4.78 is 1.96. The van der Waals surface area contributed by atoms with Crippen LogP contribution in [-0.2, 0) is 6.54 Å². The van der Waals surface area contributed by atoms with Crippen molar-refractivity contribution < 1.29 is 0 Å². The van der Waals surface area contributed by atoms with E-state index in [9.17, 15) is 0 Å². The van der Waals surface area contributed by atoms with Crippen LogP contribution in [0.25, 0.3) is 0 Å². The van der Waals surface area contributed by atoms with Crippen LogP contribution in [0.3, 0.4) is 0 Å². The second-order valence-electron chi connectivity index (χ2n) is 5.64. The van der Waals surface area contributed by atoms with Gasteiger partial charge in [-0.3, -0.25) is 4.68 Å². The number of nitrogens with one attached hydrogen (secondary N) is 1. The molecule has 1 saturated heterocycles. The fourth-order valence-electron chi connectivity index (χ4n) is 2.72. The van der Waals surface area contributed by atoms with E-state index in [1.54, 1.807) is 6.07 Å². The summed E-state index contributed by atoms with van der Waals surface area (Å²) in [4.78, 5) is 10.9. The standard InChI is InChI=1S/C15H21ClN6/c1-12-18-14(16)9-15(19-12)20-13-10-17-22(11-13)8-7-21-5-3-2-4-6-21/h9-11H,2-8H2,1H3,(H,18,19,20). The van der Waals surface area contributed by atoms with Gasteiger partial charge in [-0.15, -0.1) is 0 Å². The molecule has 1 aliphatic heterocycles. The third kappa shape index (κ3) is 4.18. The molecule has 1 aliphatic rings. The Bertz CT molecular complexity index is 600. The van der Waals surface area contributed by atoms with Gasteiger partial charge in [0, 0.05) is 18.8 Å². The van der Waals surface area contributed by atoms with Crippen molar-refractivity contribution in [1.29, 1.82) is 0 Å². The first-order valence-electron chi connectivity index (χ1n) is 7.72. The quantitative estimate of drug-likeness (QED) is 0.858. The van der Waals surface area contributed by atoms with Gasteiger partial charge in [-0.1, -0.05) is 18.0 Å². The molecule has 2 aromatic rings. The minimum Gasteiger partial charge on any atom is -0.338 e. The van der Waals surface area contributed by atoms with Gasteiger partial charge < -0.3 is 10.2 Å². The molecule has 3 heterocycles. The number of nitrogens with zero attached hydrogens (tertiary/aromatic N) is 5. The number of hydrogen-bond acceptors (Lipinski definition) is 5. The van der Waals surface area contributed by atoms with Gasteiger partial charge in [-0.25, -0.2) is 9.97 Å². The summed E-state index contributed by atoms with van der Waals surface area (Å²) in [6, 6.07) is 1.71. The lowest BCUT2D eigenvalue weighted by atomic mass is 10.1. The van der Waals surface area contributed by atoms with Crippen molar-refractivity contribution in [3.05, 3.63) is 29.4 Å². The van der Waals surface area contributed by atoms with Crippen molar-refractivity contribution in [3.8, 4) is 0 Å². The Hall–Kier alpha value is -1.66. The van der Waals surface area contributed by atoms with Gasteiger partial charge in [-0.05, 0) is 32.9 Å². The highest BCUT2D eigenvalue weighted by Crippen LogP contribution is 2.17. The molecular formula is C15H21ClN6. The van der Waals surface area contributed by atoms with Gasteiger partial charge >= 0.3 is 0 Å². The van der Waals surface area contributed by atoms with Gasteiger partial charge in [0.2, 0.25) is 0 Å². The van der Waals surface area contributed by atoms with Crippen LogP contribution < -0.4 is 5.32 Å². The van der Waals surface area contributed by atoms with E-state index in [0.717, 1.165) is 18.8 Å². The first kappa shape index (κ1) is 15.2. The Morgan fingerprint density at radius 1 is 1.18 bits per heavy atom. The second-order valence-corrected chi connectivity index (χ2v) is 6.03. The average molecular weight is 321 g/mol. The molecule has 0 amide bonds. The number of anilines is 2. The topological polar surface area (TPSA) is 58.9 Å². The van der Waals surface area contributed by atoms with Crippen molar-refractivity contribution in [1.82, 2.24) is 24.6 Å². The molecule has 0 aliphatic carbocycles. The molecule has 22 heavy (non-hydrogen) atoms. The second kappa shape index (κ2) is 7.07. The maximum atomic E-state index is 5.94. The molecule has 0 aromatic carbocycles. The van der Waals surface area contributed by atoms with Crippen LogP contribution in [0.4, 0.5) is 11.5 Å². The average Bonchev–Trinajstić information content (AvgIpc) is 2.93. The van der Waals surface area contributed by atoms with Crippen LogP contribution in [0.15, 0.2) is 18.5 Å². The molecule has 0 radical (unpaired) electrons. The lowest BCUT2D eigenvalue weighted by molar-refractivity contribution is 0.218. The number of halogens is 1. The van der Waals surface area contributed by atoms with E-state index in [-0.39, 0.29) is 0 Å². The van der Waals surface area contributed by atoms with Crippen molar-refractivity contribution in [3.63, 3.8) is 0 Å². The highest BCUT2D eigenvalue weighted by Gasteiger charge is 2.10. The maximum Gasteiger partial charge on any atom is 0.135 e. The lowest BCUT2D eigenvalue weighted by Crippen LogP contribution is -2.32. The predicted molar refractivity (Wildman–Crippen MR) is 87.6 cm³/mol. The molecule has 3 rings (SSSR count). The lowest BCUT2D eigenvalue weighted by Gasteiger charge is -2.26. The number of piperidine rings is 1. The minimum atomic E-state index is 0.437. The maximum absolute atomic E-state index is 5.94. The Balaban J connectivity index is 1.56. The number of aromatic nitrogens is 4. The molecular weight excluding hydrogens is 300 g/mol. The summed E-state index contributed by atoms with van der Waals surface area (Å²) in [7, 11) is 0. The highest BCUT2D eigenvalue weighted by molar-refractivity contribution is 6.29. The fourth-order valence-corrected chi connectivity index (χ4v) is 2.95. The molecule has 1 N–H and O–H groups in total. The summed E-state index contributed by atoms with van der Waals surface area (Å²) in [6.45, 7) is 6.21. The van der Waals surface area contributed by atoms with E-state index in [0.29, 0.717) is 16.8 Å². The fraction of sp³-hybridized carbons (Fsp3) is 0.533. The molecule has 0 bridgehead atoms. The zero-order chi connectivity index (χ0) is 15.4. The summed E-state index contributed by atoms with van der Waals surface area (Å²) in [5, 5.41) is 8.04. The summed E-state index contributed by atoms with van der Waals surface area (Å²) in [6.07, 6.45) is 7.81. The molecule has 118 valence electrons. The Morgan fingerprint density at radius 3 is 2.77 bits per heavy atom. The van der Waals surface area contributed by atoms with E-state index >= 15 is 0 Å². The van der Waals surface area contributed by atoms with E-state index in [4.69, 9.17) is 11.6 Å². The largest absolute Gasteiger partial charge is 0.338 e. The SMILES string of the molecule is Cc1nc(Cl)cc(Nc2cnn(CCN3CCCCC3)c2)n1. The van der Waals surface area contributed by atoms with E-state index in [1.165, 1.54) is 32.4 Å². The third-order valence-corrected chi connectivity index (χ3v) is 4.00. The van der Waals surface area contributed by atoms with Crippen LogP contribution in [0, 0.1) is 6.92 Å². The third-order valence-electron chi connectivity index (χ3n) is 3.81. The van der Waals surface area contributed by atoms with Crippen LogP contribution in [0.5, 0.6) is 0 Å². The molecule has 0 atom stereocenters. The van der Waals surface area contributed by atoms with Crippen LogP contribution in [0.2, 0.25) is 5.15 Å². The molecule has 6 nitrogen and oxygen atoms in total. The normalized spacial score (nSPS) is 15.9. The van der Waals surface area contributed by atoms with Crippen LogP contribution in [-0.4, -0.2) is 44.3 Å². The summed E-state index contributed by atoms with van der Waals surface area (Å²) in [5.74, 6) is 1.33. The number of aryl methyl sites for hydroxylation is 1. The Morgan fingerprint density at radius 2 is 2.00 bits per heavy atom. The van der Waals surface area contributed by atoms with E-state index in [1.807, 2.05) is 24.0 Å². The minimum absolute atomic E-state index is 0.437. The highest BCUT2D eigenvalue weighted by atomic mass is 35.5. The first-order valence-corrected chi connectivity index (χ1v) is 8.10. The summed E-state index contributed by atoms with van der Waals surface area (Å²) in [5.41, 5.74) is 0.910. The molecule has 7 heteroatoms. The van der Waals surface area contributed by atoms with Gasteiger partial charge in [0.05, 0.1) is 18.4 Å². The molecule has 0 unspecified atom stereocenters. The molecule has 0 spiro atoms. The van der Waals surface area contributed by atoms with Crippen LogP contribution in [0.1, 0.15) is 25.1 Å². The van der Waals surface area contributed by atoms with Gasteiger partial charge in [0.25, 0.3) is 0 Å². The van der Waals surface area contributed by atoms with E-state index < -0.39 is 0 Å². The number of rotatable bonds is 5. The Kier molecular flexibility index (Phi) is 4.90. The monoisotopic (exact) mass is 320 g/mol. The van der Waals surface area contributed by atoms with Crippen molar-refractivity contribution in [2.24, 2.45) is 0 Å². The van der Waals surface area contributed by atoms with Crippen molar-refractivity contribution in [2.45, 2.75) is 32.7 Å². The first-order chi connectivity index (χ1) is 10.7. The molecule has 2 aromatic heterocycles. The molecule has 1 fully saturated rings. The van der Waals surface area contributed by atoms with Crippen molar-refractivity contribution >= 4 is 23.1 Å². The van der Waals surface area contributed by atoms with Gasteiger partial charge in [0.1, 0.15) is 16.8 Å². The summed E-state index contributed by atoms with van der Waals surface area (Å²) >= 11 is 5.94. The van der Waals surface area contributed by atoms with Crippen molar-refractivity contribution in [2.75, 3.05) is 25.0 Å². The number of hydrogen-bond donors (Lipinski definition) is 1. The van der Waals surface area contributed by atoms with E-state index in [2.05, 4.69) is 25.3 Å². The number of likely N-dealkylation sites (tertiary alicyclic amines) is 1.